The molecule has 3 rings (SSSR count). The van der Waals surface area contributed by atoms with Crippen LogP contribution >= 0.6 is 0 Å². The van der Waals surface area contributed by atoms with Gasteiger partial charge >= 0.3 is 5.97 Å². The van der Waals surface area contributed by atoms with Gasteiger partial charge in [-0.15, -0.1) is 0 Å². The number of carbonyl (C=O) groups excluding carboxylic acids is 1. The van der Waals surface area contributed by atoms with E-state index < -0.39 is 11.6 Å². The first-order valence-corrected chi connectivity index (χ1v) is 10.2. The van der Waals surface area contributed by atoms with E-state index >= 15 is 0 Å². The molecule has 0 spiro atoms. The smallest absolute Gasteiger partial charge is 0.314 e. The van der Waals surface area contributed by atoms with E-state index in [0.29, 0.717) is 0 Å². The van der Waals surface area contributed by atoms with E-state index in [1.54, 1.807) is 0 Å². The molecule has 0 amide bonds. The topological polar surface area (TPSA) is 26.3 Å². The third-order valence-corrected chi connectivity index (χ3v) is 6.47. The Hall–Kier alpha value is -1.45. The molecule has 0 atom stereocenters. The van der Waals surface area contributed by atoms with Gasteiger partial charge < -0.3 is 4.74 Å². The molecule has 2 aliphatic rings. The van der Waals surface area contributed by atoms with Crippen LogP contribution in [0.25, 0.3) is 0 Å². The van der Waals surface area contributed by atoms with Crippen LogP contribution in [-0.4, -0.2) is 5.97 Å². The molecule has 0 aromatic heterocycles. The molecule has 2 aliphatic carbocycles. The minimum atomic E-state index is -0.988. The van der Waals surface area contributed by atoms with E-state index in [9.17, 15) is 13.6 Å². The van der Waals surface area contributed by atoms with Crippen molar-refractivity contribution in [2.45, 2.75) is 71.1 Å². The van der Waals surface area contributed by atoms with Crippen LogP contribution < -0.4 is 4.74 Å². The zero-order chi connectivity index (χ0) is 18.5. The molecule has 0 saturated heterocycles. The fraction of sp³-hybridized carbons (Fsp3) is 0.682. The Labute approximate surface area is 155 Å². The third-order valence-electron chi connectivity index (χ3n) is 6.47. The van der Waals surface area contributed by atoms with Crippen molar-refractivity contribution in [3.63, 3.8) is 0 Å². The lowest BCUT2D eigenvalue weighted by Crippen LogP contribution is -2.30. The highest BCUT2D eigenvalue weighted by Crippen LogP contribution is 2.42. The van der Waals surface area contributed by atoms with Gasteiger partial charge in [0.15, 0.2) is 11.6 Å². The summed E-state index contributed by atoms with van der Waals surface area (Å²) in [5, 5.41) is 0. The normalized spacial score (nSPS) is 29.3. The maximum absolute atomic E-state index is 13.2. The fourth-order valence-corrected chi connectivity index (χ4v) is 4.92. The lowest BCUT2D eigenvalue weighted by molar-refractivity contribution is -0.140. The summed E-state index contributed by atoms with van der Waals surface area (Å²) >= 11 is 0. The number of esters is 1. The first-order valence-electron chi connectivity index (χ1n) is 10.2. The number of hydrogen-bond acceptors (Lipinski definition) is 2. The molecule has 0 radical (unpaired) electrons. The maximum atomic E-state index is 13.2. The summed E-state index contributed by atoms with van der Waals surface area (Å²) in [5.74, 6) is 0.244. The van der Waals surface area contributed by atoms with Crippen LogP contribution in [0, 0.1) is 35.3 Å². The zero-order valence-corrected chi connectivity index (χ0v) is 15.7. The van der Waals surface area contributed by atoms with Crippen LogP contribution in [0.1, 0.15) is 71.1 Å². The average Bonchev–Trinajstić information content (AvgIpc) is 2.66. The number of carbonyl (C=O) groups is 1. The van der Waals surface area contributed by atoms with Crippen molar-refractivity contribution in [2.24, 2.45) is 23.7 Å². The van der Waals surface area contributed by atoms with E-state index in [4.69, 9.17) is 4.74 Å². The summed E-state index contributed by atoms with van der Waals surface area (Å²) < 4.78 is 31.5. The van der Waals surface area contributed by atoms with E-state index in [1.165, 1.54) is 44.6 Å². The lowest BCUT2D eigenvalue weighted by Gasteiger charge is -2.37. The zero-order valence-electron chi connectivity index (χ0n) is 15.7. The van der Waals surface area contributed by atoms with Gasteiger partial charge in [-0.25, -0.2) is 8.78 Å². The minimum absolute atomic E-state index is 0.0882. The molecule has 0 heterocycles. The second-order valence-corrected chi connectivity index (χ2v) is 8.18. The van der Waals surface area contributed by atoms with Gasteiger partial charge in [-0.1, -0.05) is 32.6 Å². The second kappa shape index (κ2) is 8.96. The van der Waals surface area contributed by atoms with Gasteiger partial charge in [0, 0.05) is 6.07 Å². The van der Waals surface area contributed by atoms with Gasteiger partial charge in [0.05, 0.1) is 5.92 Å². The monoisotopic (exact) mass is 364 g/mol. The van der Waals surface area contributed by atoms with E-state index in [2.05, 4.69) is 6.92 Å². The Balaban J connectivity index is 1.44. The van der Waals surface area contributed by atoms with Crippen LogP contribution in [0.5, 0.6) is 5.75 Å². The van der Waals surface area contributed by atoms with Crippen LogP contribution in [-0.2, 0) is 4.79 Å². The lowest BCUT2D eigenvalue weighted by atomic mass is 9.69. The molecule has 0 aliphatic heterocycles. The first-order chi connectivity index (χ1) is 12.6. The highest BCUT2D eigenvalue weighted by Gasteiger charge is 2.33. The summed E-state index contributed by atoms with van der Waals surface area (Å²) in [4.78, 5) is 12.3. The standard InChI is InChI=1S/C22H30F2O2/c1-2-3-15-4-6-16(7-5-15)17-8-10-18(11-9-17)22(25)26-19-12-13-20(23)21(24)14-19/h12-18H,2-11H2,1H3. The Morgan fingerprint density at radius 3 is 2.15 bits per heavy atom. The van der Waals surface area contributed by atoms with Crippen LogP contribution in [0.4, 0.5) is 8.78 Å². The molecule has 0 N–H and O–H groups in total. The molecular weight excluding hydrogens is 334 g/mol. The van der Waals surface area contributed by atoms with Crippen LogP contribution in [0.15, 0.2) is 18.2 Å². The largest absolute Gasteiger partial charge is 0.426 e. The second-order valence-electron chi connectivity index (χ2n) is 8.18. The third kappa shape index (κ3) is 4.83. The van der Waals surface area contributed by atoms with Crippen molar-refractivity contribution in [1.82, 2.24) is 0 Å². The quantitative estimate of drug-likeness (QED) is 0.454. The van der Waals surface area contributed by atoms with Gasteiger partial charge in [0.25, 0.3) is 0 Å². The number of benzene rings is 1. The molecule has 144 valence electrons. The highest BCUT2D eigenvalue weighted by molar-refractivity contribution is 5.75. The number of hydrogen-bond donors (Lipinski definition) is 0. The Kier molecular flexibility index (Phi) is 6.66. The number of halogens is 2. The maximum Gasteiger partial charge on any atom is 0.314 e. The predicted molar refractivity (Wildman–Crippen MR) is 97.8 cm³/mol. The Morgan fingerprint density at radius 1 is 0.962 bits per heavy atom. The molecule has 2 nitrogen and oxygen atoms in total. The van der Waals surface area contributed by atoms with Crippen molar-refractivity contribution < 1.29 is 18.3 Å². The van der Waals surface area contributed by atoms with Gasteiger partial charge in [-0.2, -0.15) is 0 Å². The summed E-state index contributed by atoms with van der Waals surface area (Å²) in [6.45, 7) is 2.27. The molecule has 2 saturated carbocycles. The van der Waals surface area contributed by atoms with Gasteiger partial charge in [-0.3, -0.25) is 4.79 Å². The minimum Gasteiger partial charge on any atom is -0.426 e. The van der Waals surface area contributed by atoms with E-state index in [-0.39, 0.29) is 17.6 Å². The molecule has 0 unspecified atom stereocenters. The number of rotatable bonds is 5. The molecule has 26 heavy (non-hydrogen) atoms. The predicted octanol–water partition coefficient (Wildman–Crippen LogP) is 6.28. The van der Waals surface area contributed by atoms with Crippen molar-refractivity contribution >= 4 is 5.97 Å². The summed E-state index contributed by atoms with van der Waals surface area (Å²) in [5.41, 5.74) is 0. The average molecular weight is 364 g/mol. The van der Waals surface area contributed by atoms with Crippen molar-refractivity contribution in [1.29, 1.82) is 0 Å². The summed E-state index contributed by atoms with van der Waals surface area (Å²) in [6.07, 6.45) is 12.0. The fourth-order valence-electron chi connectivity index (χ4n) is 4.92. The van der Waals surface area contributed by atoms with Crippen molar-refractivity contribution in [3.05, 3.63) is 29.8 Å². The molecule has 2 fully saturated rings. The highest BCUT2D eigenvalue weighted by atomic mass is 19.2. The summed E-state index contributed by atoms with van der Waals surface area (Å²) in [6, 6.07) is 3.23. The van der Waals surface area contributed by atoms with Crippen LogP contribution in [0.3, 0.4) is 0 Å². The van der Waals surface area contributed by atoms with E-state index in [0.717, 1.165) is 55.6 Å². The van der Waals surface area contributed by atoms with Gasteiger partial charge in [-0.05, 0) is 68.4 Å². The SMILES string of the molecule is CCCC1CCC(C2CCC(C(=O)Oc3ccc(F)c(F)c3)CC2)CC1. The van der Waals surface area contributed by atoms with Crippen LogP contribution in [0.2, 0.25) is 0 Å². The summed E-state index contributed by atoms with van der Waals surface area (Å²) in [7, 11) is 0. The van der Waals surface area contributed by atoms with Gasteiger partial charge in [0.1, 0.15) is 5.75 Å². The van der Waals surface area contributed by atoms with Crippen molar-refractivity contribution in [2.75, 3.05) is 0 Å². The number of ether oxygens (including phenoxy) is 1. The molecule has 0 bridgehead atoms. The van der Waals surface area contributed by atoms with Gasteiger partial charge in [0.2, 0.25) is 0 Å². The van der Waals surface area contributed by atoms with Crippen molar-refractivity contribution in [3.8, 4) is 5.75 Å². The molecular formula is C22H30F2O2. The molecule has 1 aromatic rings. The Morgan fingerprint density at radius 2 is 1.58 bits per heavy atom. The Bertz CT molecular complexity index is 600. The first kappa shape index (κ1) is 19.3. The van der Waals surface area contributed by atoms with E-state index in [1.807, 2.05) is 0 Å². The molecule has 4 heteroatoms. The molecule has 1 aromatic carbocycles.